The second-order valence-electron chi connectivity index (χ2n) is 4.52. The molecule has 1 aromatic carbocycles. The average Bonchev–Trinajstić information content (AvgIpc) is 2.83. The fraction of sp³-hybridized carbons (Fsp3) is 0.538. The van der Waals surface area contributed by atoms with Crippen LogP contribution in [0, 0.1) is 5.92 Å². The summed E-state index contributed by atoms with van der Waals surface area (Å²) >= 11 is 0. The monoisotopic (exact) mass is 253 g/mol. The SMILES string of the molecule is NC(CS(=O)Cc1ccccc1)C1CCOC1. The lowest BCUT2D eigenvalue weighted by Gasteiger charge is -2.16. The zero-order chi connectivity index (χ0) is 12.1. The van der Waals surface area contributed by atoms with Crippen LogP contribution in [-0.2, 0) is 21.3 Å². The van der Waals surface area contributed by atoms with Crippen LogP contribution < -0.4 is 5.73 Å². The van der Waals surface area contributed by atoms with Gasteiger partial charge in [-0.2, -0.15) is 0 Å². The third-order valence-corrected chi connectivity index (χ3v) is 4.53. The summed E-state index contributed by atoms with van der Waals surface area (Å²) in [6.07, 6.45) is 1.00. The Morgan fingerprint density at radius 1 is 1.41 bits per heavy atom. The zero-order valence-corrected chi connectivity index (χ0v) is 10.7. The minimum atomic E-state index is -0.878. The molecule has 94 valence electrons. The number of ether oxygens (including phenoxy) is 1. The van der Waals surface area contributed by atoms with Crippen molar-refractivity contribution in [3.8, 4) is 0 Å². The second kappa shape index (κ2) is 6.28. The van der Waals surface area contributed by atoms with Gasteiger partial charge in [0.25, 0.3) is 0 Å². The van der Waals surface area contributed by atoms with E-state index in [-0.39, 0.29) is 6.04 Å². The summed E-state index contributed by atoms with van der Waals surface area (Å²) in [4.78, 5) is 0. The molecule has 1 heterocycles. The van der Waals surface area contributed by atoms with Gasteiger partial charge < -0.3 is 10.5 Å². The minimum absolute atomic E-state index is 0.00189. The van der Waals surface area contributed by atoms with Gasteiger partial charge in [-0.3, -0.25) is 4.21 Å². The fourth-order valence-corrected chi connectivity index (χ4v) is 3.44. The van der Waals surface area contributed by atoms with Gasteiger partial charge >= 0.3 is 0 Å². The molecule has 0 saturated carbocycles. The van der Waals surface area contributed by atoms with Gasteiger partial charge in [0.2, 0.25) is 0 Å². The lowest BCUT2D eigenvalue weighted by atomic mass is 10.0. The molecule has 0 aromatic heterocycles. The smallest absolute Gasteiger partial charge is 0.0510 e. The predicted molar refractivity (Wildman–Crippen MR) is 70.1 cm³/mol. The molecule has 3 unspecified atom stereocenters. The molecule has 2 rings (SSSR count). The van der Waals surface area contributed by atoms with Gasteiger partial charge in [0.05, 0.1) is 6.61 Å². The number of rotatable bonds is 5. The number of benzene rings is 1. The largest absolute Gasteiger partial charge is 0.381 e. The summed E-state index contributed by atoms with van der Waals surface area (Å²) < 4.78 is 17.3. The van der Waals surface area contributed by atoms with Crippen LogP contribution in [0.1, 0.15) is 12.0 Å². The second-order valence-corrected chi connectivity index (χ2v) is 6.03. The molecule has 0 radical (unpaired) electrons. The molecule has 1 fully saturated rings. The van der Waals surface area contributed by atoms with Gasteiger partial charge in [-0.25, -0.2) is 0 Å². The van der Waals surface area contributed by atoms with Crippen LogP contribution in [0.3, 0.4) is 0 Å². The van der Waals surface area contributed by atoms with E-state index in [1.165, 1.54) is 0 Å². The molecule has 0 bridgehead atoms. The van der Waals surface area contributed by atoms with E-state index in [1.54, 1.807) is 0 Å². The predicted octanol–water partition coefficient (Wildman–Crippen LogP) is 1.30. The molecule has 1 aliphatic rings. The van der Waals surface area contributed by atoms with E-state index in [0.717, 1.165) is 25.2 Å². The van der Waals surface area contributed by atoms with Crippen LogP contribution >= 0.6 is 0 Å². The van der Waals surface area contributed by atoms with Gasteiger partial charge in [-0.05, 0) is 12.0 Å². The maximum atomic E-state index is 12.0. The van der Waals surface area contributed by atoms with Crippen LogP contribution in [0.15, 0.2) is 30.3 Å². The Balaban J connectivity index is 1.80. The van der Waals surface area contributed by atoms with Crippen LogP contribution in [0.5, 0.6) is 0 Å². The Kier molecular flexibility index (Phi) is 4.71. The highest BCUT2D eigenvalue weighted by molar-refractivity contribution is 7.84. The first-order valence-corrected chi connectivity index (χ1v) is 7.47. The minimum Gasteiger partial charge on any atom is -0.381 e. The van der Waals surface area contributed by atoms with Crippen LogP contribution in [0.2, 0.25) is 0 Å². The fourth-order valence-electron chi connectivity index (χ4n) is 2.06. The molecular weight excluding hydrogens is 234 g/mol. The Morgan fingerprint density at radius 3 is 2.82 bits per heavy atom. The number of hydrogen-bond donors (Lipinski definition) is 1. The standard InChI is InChI=1S/C13H19NO2S/c14-13(12-6-7-16-8-12)10-17(15)9-11-4-2-1-3-5-11/h1-5,12-13H,6-10,14H2. The topological polar surface area (TPSA) is 52.3 Å². The zero-order valence-electron chi connectivity index (χ0n) is 9.88. The van der Waals surface area contributed by atoms with Crippen molar-refractivity contribution in [1.29, 1.82) is 0 Å². The Bertz CT molecular complexity index is 363. The lowest BCUT2D eigenvalue weighted by molar-refractivity contribution is 0.182. The van der Waals surface area contributed by atoms with E-state index in [2.05, 4.69) is 0 Å². The van der Waals surface area contributed by atoms with Crippen LogP contribution in [0.4, 0.5) is 0 Å². The highest BCUT2D eigenvalue weighted by Crippen LogP contribution is 2.16. The summed E-state index contributed by atoms with van der Waals surface area (Å²) in [7, 11) is -0.878. The van der Waals surface area contributed by atoms with Gasteiger partial charge in [-0.1, -0.05) is 30.3 Å². The van der Waals surface area contributed by atoms with Crippen molar-refractivity contribution >= 4 is 10.8 Å². The van der Waals surface area contributed by atoms with Crippen LogP contribution in [0.25, 0.3) is 0 Å². The number of hydrogen-bond acceptors (Lipinski definition) is 3. The van der Waals surface area contributed by atoms with Gasteiger partial charge in [0.15, 0.2) is 0 Å². The van der Waals surface area contributed by atoms with Crippen molar-refractivity contribution in [1.82, 2.24) is 0 Å². The Hall–Kier alpha value is -0.710. The first-order valence-electron chi connectivity index (χ1n) is 5.98. The van der Waals surface area contributed by atoms with E-state index in [9.17, 15) is 4.21 Å². The average molecular weight is 253 g/mol. The molecule has 3 nitrogen and oxygen atoms in total. The van der Waals surface area contributed by atoms with Gasteiger partial charge in [0, 0.05) is 40.9 Å². The molecular formula is C13H19NO2S. The third-order valence-electron chi connectivity index (χ3n) is 3.12. The third kappa shape index (κ3) is 3.91. The maximum Gasteiger partial charge on any atom is 0.0510 e. The first kappa shape index (κ1) is 12.7. The molecule has 1 aliphatic heterocycles. The maximum absolute atomic E-state index is 12.0. The Labute approximate surface area is 105 Å². The molecule has 0 spiro atoms. The summed E-state index contributed by atoms with van der Waals surface area (Å²) in [5, 5.41) is 0. The van der Waals surface area contributed by atoms with Crippen molar-refractivity contribution in [2.45, 2.75) is 18.2 Å². The van der Waals surface area contributed by atoms with Crippen molar-refractivity contribution in [3.05, 3.63) is 35.9 Å². The van der Waals surface area contributed by atoms with E-state index in [4.69, 9.17) is 10.5 Å². The van der Waals surface area contributed by atoms with E-state index in [1.807, 2.05) is 30.3 Å². The summed E-state index contributed by atoms with van der Waals surface area (Å²) in [5.41, 5.74) is 7.17. The Morgan fingerprint density at radius 2 is 2.18 bits per heavy atom. The molecule has 4 heteroatoms. The number of nitrogens with two attached hydrogens (primary N) is 1. The first-order chi connectivity index (χ1) is 8.25. The highest BCUT2D eigenvalue weighted by atomic mass is 32.2. The van der Waals surface area contributed by atoms with Crippen molar-refractivity contribution < 1.29 is 8.95 Å². The van der Waals surface area contributed by atoms with Crippen LogP contribution in [-0.4, -0.2) is 29.2 Å². The normalized spacial score (nSPS) is 23.5. The quantitative estimate of drug-likeness (QED) is 0.860. The molecule has 0 aliphatic carbocycles. The highest BCUT2D eigenvalue weighted by Gasteiger charge is 2.24. The summed E-state index contributed by atoms with van der Waals surface area (Å²) in [6.45, 7) is 1.52. The van der Waals surface area contributed by atoms with Crippen molar-refractivity contribution in [3.63, 3.8) is 0 Å². The molecule has 0 amide bonds. The molecule has 1 saturated heterocycles. The van der Waals surface area contributed by atoms with E-state index in [0.29, 0.717) is 17.4 Å². The molecule has 17 heavy (non-hydrogen) atoms. The molecule has 1 aromatic rings. The van der Waals surface area contributed by atoms with E-state index < -0.39 is 10.8 Å². The molecule has 2 N–H and O–H groups in total. The summed E-state index contributed by atoms with van der Waals surface area (Å²) in [5.74, 6) is 1.56. The van der Waals surface area contributed by atoms with Gasteiger partial charge in [-0.15, -0.1) is 0 Å². The lowest BCUT2D eigenvalue weighted by Crippen LogP contribution is -2.35. The summed E-state index contributed by atoms with van der Waals surface area (Å²) in [6, 6.07) is 9.91. The molecule has 3 atom stereocenters. The van der Waals surface area contributed by atoms with Gasteiger partial charge in [0.1, 0.15) is 0 Å². The van der Waals surface area contributed by atoms with Crippen molar-refractivity contribution in [2.24, 2.45) is 11.7 Å². The van der Waals surface area contributed by atoms with E-state index >= 15 is 0 Å². The van der Waals surface area contributed by atoms with Crippen molar-refractivity contribution in [2.75, 3.05) is 19.0 Å².